The summed E-state index contributed by atoms with van der Waals surface area (Å²) < 4.78 is 0. The Morgan fingerprint density at radius 1 is 1.40 bits per heavy atom. The highest BCUT2D eigenvalue weighted by Gasteiger charge is 2.26. The smallest absolute Gasteiger partial charge is 0.115 e. The van der Waals surface area contributed by atoms with Gasteiger partial charge >= 0.3 is 0 Å². The van der Waals surface area contributed by atoms with Crippen molar-refractivity contribution >= 4 is 12.4 Å². The first-order chi connectivity index (χ1) is 6.47. The van der Waals surface area contributed by atoms with Crippen molar-refractivity contribution in [3.8, 4) is 5.75 Å². The maximum atomic E-state index is 9.28. The van der Waals surface area contributed by atoms with Crippen molar-refractivity contribution in [1.82, 2.24) is 0 Å². The standard InChI is InChI=1S/C11H17NO2.ClH/c1-11(2,7-13)10(12)8-4-3-5-9(14)6-8;/h3-6,10,13-14H,7,12H2,1-2H3;1H/t10-;/m1./s1. The number of hydrogen-bond acceptors (Lipinski definition) is 3. The number of rotatable bonds is 3. The lowest BCUT2D eigenvalue weighted by molar-refractivity contribution is 0.132. The molecular weight excluding hydrogens is 214 g/mol. The Morgan fingerprint density at radius 2 is 2.00 bits per heavy atom. The van der Waals surface area contributed by atoms with Crippen LogP contribution in [0.2, 0.25) is 0 Å². The van der Waals surface area contributed by atoms with Crippen molar-refractivity contribution in [2.45, 2.75) is 19.9 Å². The summed E-state index contributed by atoms with van der Waals surface area (Å²) in [6, 6.07) is 6.55. The number of phenolic OH excluding ortho intramolecular Hbond substituents is 1. The van der Waals surface area contributed by atoms with Crippen LogP contribution >= 0.6 is 12.4 Å². The number of nitrogens with two attached hydrogens (primary N) is 1. The third-order valence-electron chi connectivity index (χ3n) is 2.48. The molecule has 0 aliphatic carbocycles. The second-order valence-corrected chi connectivity index (χ2v) is 4.22. The van der Waals surface area contributed by atoms with Gasteiger partial charge in [-0.25, -0.2) is 0 Å². The number of benzene rings is 1. The Hall–Kier alpha value is -0.770. The van der Waals surface area contributed by atoms with Crippen LogP contribution in [0.5, 0.6) is 5.75 Å². The highest BCUT2D eigenvalue weighted by Crippen LogP contribution is 2.31. The fourth-order valence-corrected chi connectivity index (χ4v) is 1.27. The van der Waals surface area contributed by atoms with Crippen molar-refractivity contribution in [2.24, 2.45) is 11.1 Å². The van der Waals surface area contributed by atoms with E-state index in [0.29, 0.717) is 0 Å². The van der Waals surface area contributed by atoms with E-state index in [1.807, 2.05) is 19.9 Å². The molecule has 1 aromatic carbocycles. The molecule has 4 N–H and O–H groups in total. The number of aromatic hydroxyl groups is 1. The van der Waals surface area contributed by atoms with E-state index in [1.54, 1.807) is 18.2 Å². The number of phenols is 1. The highest BCUT2D eigenvalue weighted by molar-refractivity contribution is 5.85. The summed E-state index contributed by atoms with van der Waals surface area (Å²) in [6.07, 6.45) is 0. The van der Waals surface area contributed by atoms with Crippen LogP contribution in [0.25, 0.3) is 0 Å². The van der Waals surface area contributed by atoms with Crippen molar-refractivity contribution < 1.29 is 10.2 Å². The number of aliphatic hydroxyl groups excluding tert-OH is 1. The fourth-order valence-electron chi connectivity index (χ4n) is 1.27. The van der Waals surface area contributed by atoms with E-state index in [2.05, 4.69) is 0 Å². The normalized spacial score (nSPS) is 13.1. The maximum Gasteiger partial charge on any atom is 0.115 e. The van der Waals surface area contributed by atoms with Crippen LogP contribution in [-0.4, -0.2) is 16.8 Å². The molecule has 1 aromatic rings. The van der Waals surface area contributed by atoms with E-state index in [-0.39, 0.29) is 36.2 Å². The van der Waals surface area contributed by atoms with Crippen LogP contribution in [0.1, 0.15) is 25.5 Å². The summed E-state index contributed by atoms with van der Waals surface area (Å²) in [6.45, 7) is 3.80. The molecule has 0 fully saturated rings. The molecule has 15 heavy (non-hydrogen) atoms. The minimum Gasteiger partial charge on any atom is -0.508 e. The van der Waals surface area contributed by atoms with Crippen LogP contribution in [-0.2, 0) is 0 Å². The maximum absolute atomic E-state index is 9.28. The van der Waals surface area contributed by atoms with Crippen molar-refractivity contribution in [2.75, 3.05) is 6.61 Å². The zero-order valence-electron chi connectivity index (χ0n) is 8.97. The summed E-state index contributed by atoms with van der Waals surface area (Å²) in [4.78, 5) is 0. The molecule has 0 amide bonds. The van der Waals surface area contributed by atoms with Crippen LogP contribution < -0.4 is 5.73 Å². The Balaban J connectivity index is 0.00000196. The minimum atomic E-state index is -0.381. The van der Waals surface area contributed by atoms with E-state index in [4.69, 9.17) is 10.8 Å². The number of halogens is 1. The summed E-state index contributed by atoms with van der Waals surface area (Å²) in [7, 11) is 0. The molecule has 0 aliphatic heterocycles. The lowest BCUT2D eigenvalue weighted by Crippen LogP contribution is -2.32. The van der Waals surface area contributed by atoms with Gasteiger partial charge in [0.15, 0.2) is 0 Å². The van der Waals surface area contributed by atoms with Crippen molar-refractivity contribution in [1.29, 1.82) is 0 Å². The lowest BCUT2D eigenvalue weighted by Gasteiger charge is -2.29. The largest absolute Gasteiger partial charge is 0.508 e. The molecule has 0 spiro atoms. The third-order valence-corrected chi connectivity index (χ3v) is 2.48. The van der Waals surface area contributed by atoms with Gasteiger partial charge in [-0.15, -0.1) is 12.4 Å². The van der Waals surface area contributed by atoms with E-state index >= 15 is 0 Å². The average Bonchev–Trinajstić information content (AvgIpc) is 2.16. The molecule has 1 atom stereocenters. The molecule has 0 aliphatic rings. The number of aliphatic hydroxyl groups is 1. The number of hydrogen-bond donors (Lipinski definition) is 3. The van der Waals surface area contributed by atoms with Gasteiger partial charge in [0.1, 0.15) is 5.75 Å². The van der Waals surface area contributed by atoms with Crippen molar-refractivity contribution in [3.63, 3.8) is 0 Å². The molecule has 0 bridgehead atoms. The second kappa shape index (κ2) is 5.35. The molecule has 0 radical (unpaired) electrons. The Morgan fingerprint density at radius 3 is 2.47 bits per heavy atom. The molecule has 0 saturated carbocycles. The SMILES string of the molecule is CC(C)(CO)[C@H](N)c1cccc(O)c1.Cl. The predicted molar refractivity (Wildman–Crippen MR) is 63.2 cm³/mol. The molecule has 0 heterocycles. The van der Waals surface area contributed by atoms with Crippen LogP contribution in [0, 0.1) is 5.41 Å². The monoisotopic (exact) mass is 231 g/mol. The van der Waals surface area contributed by atoms with Crippen molar-refractivity contribution in [3.05, 3.63) is 29.8 Å². The first kappa shape index (κ1) is 14.2. The first-order valence-corrected chi connectivity index (χ1v) is 4.63. The van der Waals surface area contributed by atoms with Crippen LogP contribution in [0.15, 0.2) is 24.3 Å². The molecule has 86 valence electrons. The van der Waals surface area contributed by atoms with Gasteiger partial charge in [0.25, 0.3) is 0 Å². The van der Waals surface area contributed by atoms with E-state index in [9.17, 15) is 5.11 Å². The second-order valence-electron chi connectivity index (χ2n) is 4.22. The molecule has 0 aromatic heterocycles. The predicted octanol–water partition coefficient (Wildman–Crippen LogP) is 1.83. The van der Waals surface area contributed by atoms with Gasteiger partial charge in [0, 0.05) is 18.1 Å². The Labute approximate surface area is 96.3 Å². The third kappa shape index (κ3) is 3.38. The van der Waals surface area contributed by atoms with Gasteiger partial charge in [0.2, 0.25) is 0 Å². The van der Waals surface area contributed by atoms with Crippen LogP contribution in [0.3, 0.4) is 0 Å². The summed E-state index contributed by atoms with van der Waals surface area (Å²) >= 11 is 0. The van der Waals surface area contributed by atoms with Gasteiger partial charge in [-0.2, -0.15) is 0 Å². The van der Waals surface area contributed by atoms with E-state index < -0.39 is 0 Å². The van der Waals surface area contributed by atoms with Gasteiger partial charge in [-0.05, 0) is 17.7 Å². The molecule has 0 saturated heterocycles. The minimum absolute atomic E-state index is 0. The molecule has 0 unspecified atom stereocenters. The van der Waals surface area contributed by atoms with E-state index in [1.165, 1.54) is 0 Å². The molecule has 3 nitrogen and oxygen atoms in total. The molecular formula is C11H18ClNO2. The first-order valence-electron chi connectivity index (χ1n) is 4.63. The Kier molecular flexibility index (Phi) is 5.08. The summed E-state index contributed by atoms with van der Waals surface area (Å²) in [5.41, 5.74) is 6.44. The topological polar surface area (TPSA) is 66.5 Å². The van der Waals surface area contributed by atoms with Gasteiger partial charge in [-0.1, -0.05) is 26.0 Å². The van der Waals surface area contributed by atoms with Gasteiger partial charge in [0.05, 0.1) is 0 Å². The molecule has 1 rings (SSSR count). The summed E-state index contributed by atoms with van der Waals surface area (Å²) in [5, 5.41) is 18.4. The quantitative estimate of drug-likeness (QED) is 0.744. The summed E-state index contributed by atoms with van der Waals surface area (Å²) in [5.74, 6) is 0.201. The Bertz CT molecular complexity index is 315. The zero-order chi connectivity index (χ0) is 10.8. The molecule has 4 heteroatoms. The highest BCUT2D eigenvalue weighted by atomic mass is 35.5. The fraction of sp³-hybridized carbons (Fsp3) is 0.455. The zero-order valence-corrected chi connectivity index (χ0v) is 9.79. The van der Waals surface area contributed by atoms with Gasteiger partial charge < -0.3 is 15.9 Å². The van der Waals surface area contributed by atoms with Gasteiger partial charge in [-0.3, -0.25) is 0 Å². The van der Waals surface area contributed by atoms with E-state index in [0.717, 1.165) is 5.56 Å². The lowest BCUT2D eigenvalue weighted by atomic mass is 9.82. The average molecular weight is 232 g/mol. The van der Waals surface area contributed by atoms with Crippen LogP contribution in [0.4, 0.5) is 0 Å².